The highest BCUT2D eigenvalue weighted by Gasteiger charge is 2.27. The molecule has 0 unspecified atom stereocenters. The van der Waals surface area contributed by atoms with Crippen LogP contribution < -0.4 is 9.47 Å². The summed E-state index contributed by atoms with van der Waals surface area (Å²) in [7, 11) is -0.653. The van der Waals surface area contributed by atoms with Gasteiger partial charge in [0, 0.05) is 0 Å². The zero-order valence-corrected chi connectivity index (χ0v) is 17.6. The number of nitriles is 1. The first-order chi connectivity index (χ1) is 14.0. The van der Waals surface area contributed by atoms with Crippen LogP contribution in [0.4, 0.5) is 0 Å². The highest BCUT2D eigenvalue weighted by atomic mass is 31.2. The van der Waals surface area contributed by atoms with E-state index in [2.05, 4.69) is 11.2 Å². The Morgan fingerprint density at radius 1 is 1.03 bits per heavy atom. The topological polar surface area (TPSA) is 99.4 Å². The van der Waals surface area contributed by atoms with Gasteiger partial charge < -0.3 is 9.47 Å². The third-order valence-corrected chi connectivity index (χ3v) is 5.19. The summed E-state index contributed by atoms with van der Waals surface area (Å²) in [5.74, 6) is 1.10. The molecular weight excluding hydrogens is 395 g/mol. The van der Waals surface area contributed by atoms with Crippen molar-refractivity contribution < 1.29 is 27.7 Å². The maximum Gasteiger partial charge on any atom is 0.550 e. The minimum atomic E-state index is -3.74. The van der Waals surface area contributed by atoms with Crippen molar-refractivity contribution in [2.75, 3.05) is 27.4 Å². The Labute approximate surface area is 170 Å². The molecule has 29 heavy (non-hydrogen) atoms. The third kappa shape index (κ3) is 5.81. The Kier molecular flexibility index (Phi) is 8.22. The minimum absolute atomic E-state index is 0.164. The zero-order valence-electron chi connectivity index (χ0n) is 16.7. The number of hydrogen-bond acceptors (Lipinski definition) is 8. The summed E-state index contributed by atoms with van der Waals surface area (Å²) < 4.78 is 37.8. The number of ether oxygens (including phenoxy) is 2. The predicted octanol–water partition coefficient (Wildman–Crippen LogP) is 4.66. The molecule has 1 aliphatic rings. The van der Waals surface area contributed by atoms with E-state index in [0.717, 1.165) is 0 Å². The lowest BCUT2D eigenvalue weighted by Crippen LogP contribution is -2.00. The van der Waals surface area contributed by atoms with Crippen molar-refractivity contribution in [2.24, 2.45) is 5.16 Å². The standard InChI is InChI=1S/C20H23N2O6P/c1-5-26-29(23,27-6-2)28-22-17-10-7-15(8-11-17)18(14-21)16-9-12-19(24-3)20(13-16)25-4/h7-13H,5-6H2,1-4H3. The molecule has 0 saturated carbocycles. The van der Waals surface area contributed by atoms with E-state index < -0.39 is 7.82 Å². The van der Waals surface area contributed by atoms with Crippen LogP contribution in [-0.2, 0) is 18.2 Å². The minimum Gasteiger partial charge on any atom is -0.493 e. The van der Waals surface area contributed by atoms with Crippen LogP contribution in [0.3, 0.4) is 0 Å². The van der Waals surface area contributed by atoms with Gasteiger partial charge in [-0.1, -0.05) is 17.3 Å². The predicted molar refractivity (Wildman–Crippen MR) is 110 cm³/mol. The van der Waals surface area contributed by atoms with Crippen LogP contribution in [-0.4, -0.2) is 33.1 Å². The Hall–Kier alpha value is -2.85. The lowest BCUT2D eigenvalue weighted by atomic mass is 9.97. The molecule has 1 aliphatic carbocycles. The summed E-state index contributed by atoms with van der Waals surface area (Å²) in [6.07, 6.45) is 6.69. The molecule has 0 saturated heterocycles. The van der Waals surface area contributed by atoms with E-state index in [4.69, 9.17) is 23.1 Å². The zero-order chi connectivity index (χ0) is 21.3. The molecule has 9 heteroatoms. The molecule has 0 atom stereocenters. The number of hydrogen-bond donors (Lipinski definition) is 0. The molecule has 2 rings (SSSR count). The molecule has 154 valence electrons. The van der Waals surface area contributed by atoms with E-state index >= 15 is 0 Å². The van der Waals surface area contributed by atoms with Gasteiger partial charge in [-0.05, 0) is 55.3 Å². The number of allylic oxidation sites excluding steroid dienone is 6. The summed E-state index contributed by atoms with van der Waals surface area (Å²) in [5, 5.41) is 13.5. The van der Waals surface area contributed by atoms with Crippen molar-refractivity contribution in [2.45, 2.75) is 13.8 Å². The first-order valence-electron chi connectivity index (χ1n) is 8.89. The lowest BCUT2D eigenvalue weighted by molar-refractivity contribution is 0.125. The smallest absolute Gasteiger partial charge is 0.493 e. The van der Waals surface area contributed by atoms with Crippen LogP contribution in [0.5, 0.6) is 11.5 Å². The van der Waals surface area contributed by atoms with Crippen molar-refractivity contribution in [3.8, 4) is 17.6 Å². The fraction of sp³-hybridized carbons (Fsp3) is 0.300. The second-order valence-electron chi connectivity index (χ2n) is 5.56. The van der Waals surface area contributed by atoms with Crippen molar-refractivity contribution >= 4 is 19.1 Å². The molecule has 0 radical (unpaired) electrons. The first kappa shape index (κ1) is 22.4. The van der Waals surface area contributed by atoms with Gasteiger partial charge in [-0.15, -0.1) is 0 Å². The second-order valence-corrected chi connectivity index (χ2v) is 7.13. The number of benzene rings is 1. The molecule has 8 nitrogen and oxygen atoms in total. The van der Waals surface area contributed by atoms with Gasteiger partial charge in [-0.25, -0.2) is 4.57 Å². The van der Waals surface area contributed by atoms with Crippen LogP contribution in [0, 0.1) is 11.3 Å². The van der Waals surface area contributed by atoms with E-state index in [-0.39, 0.29) is 13.2 Å². The molecule has 0 N–H and O–H groups in total. The average molecular weight is 418 g/mol. The maximum atomic E-state index is 12.3. The van der Waals surface area contributed by atoms with E-state index in [1.807, 2.05) is 0 Å². The van der Waals surface area contributed by atoms with Gasteiger partial charge in [-0.2, -0.15) is 5.26 Å². The van der Waals surface area contributed by atoms with Crippen LogP contribution in [0.15, 0.2) is 53.2 Å². The van der Waals surface area contributed by atoms with Crippen molar-refractivity contribution in [1.82, 2.24) is 0 Å². The number of rotatable bonds is 9. The Balaban J connectivity index is 2.26. The van der Waals surface area contributed by atoms with Gasteiger partial charge in [0.25, 0.3) is 0 Å². The monoisotopic (exact) mass is 418 g/mol. The molecule has 0 aromatic heterocycles. The summed E-state index contributed by atoms with van der Waals surface area (Å²) >= 11 is 0. The number of phosphoric ester groups is 1. The van der Waals surface area contributed by atoms with Gasteiger partial charge in [0.2, 0.25) is 0 Å². The highest BCUT2D eigenvalue weighted by Crippen LogP contribution is 2.49. The fourth-order valence-corrected chi connectivity index (χ4v) is 3.47. The fourth-order valence-electron chi connectivity index (χ4n) is 2.47. The summed E-state index contributed by atoms with van der Waals surface area (Å²) in [6.45, 7) is 3.68. The molecule has 1 aromatic rings. The van der Waals surface area contributed by atoms with E-state index in [1.54, 1.807) is 63.5 Å². The van der Waals surface area contributed by atoms with Crippen molar-refractivity contribution in [3.63, 3.8) is 0 Å². The van der Waals surface area contributed by atoms with Crippen molar-refractivity contribution in [1.29, 1.82) is 5.26 Å². The largest absolute Gasteiger partial charge is 0.550 e. The Morgan fingerprint density at radius 3 is 2.17 bits per heavy atom. The van der Waals surface area contributed by atoms with Crippen LogP contribution in [0.1, 0.15) is 19.4 Å². The average Bonchev–Trinajstić information content (AvgIpc) is 2.74. The quantitative estimate of drug-likeness (QED) is 0.327. The number of nitrogens with zero attached hydrogens (tertiary/aromatic N) is 2. The molecule has 0 amide bonds. The Bertz CT molecular complexity index is 915. The van der Waals surface area contributed by atoms with Gasteiger partial charge in [0.1, 0.15) is 11.8 Å². The molecule has 0 aliphatic heterocycles. The first-order valence-corrected chi connectivity index (χ1v) is 10.3. The molecular formula is C20H23N2O6P. The van der Waals surface area contributed by atoms with E-state index in [0.29, 0.717) is 33.9 Å². The lowest BCUT2D eigenvalue weighted by Gasteiger charge is -2.13. The van der Waals surface area contributed by atoms with Gasteiger partial charge >= 0.3 is 7.82 Å². The normalized spacial score (nSPS) is 13.1. The van der Waals surface area contributed by atoms with Gasteiger partial charge in [0.15, 0.2) is 11.5 Å². The van der Waals surface area contributed by atoms with Crippen LogP contribution in [0.25, 0.3) is 5.57 Å². The van der Waals surface area contributed by atoms with Crippen LogP contribution >= 0.6 is 7.82 Å². The molecule has 0 heterocycles. The third-order valence-electron chi connectivity index (χ3n) is 3.76. The SMILES string of the molecule is CCOP(=O)(OCC)ON=C1C=CC(=C(C#N)c2ccc(OC)c(OC)c2)C=C1. The second kappa shape index (κ2) is 10.6. The van der Waals surface area contributed by atoms with E-state index in [1.165, 1.54) is 7.11 Å². The number of phosphoric acid groups is 1. The number of methoxy groups -OCH3 is 2. The van der Waals surface area contributed by atoms with Crippen LogP contribution in [0.2, 0.25) is 0 Å². The summed E-state index contributed by atoms with van der Waals surface area (Å²) in [4.78, 5) is 0. The van der Waals surface area contributed by atoms with Gasteiger partial charge in [0.05, 0.1) is 33.0 Å². The molecule has 1 aromatic carbocycles. The summed E-state index contributed by atoms with van der Waals surface area (Å²) in [5.41, 5.74) is 2.21. The van der Waals surface area contributed by atoms with Crippen molar-refractivity contribution in [3.05, 3.63) is 53.6 Å². The number of oxime groups is 1. The molecule has 0 fully saturated rings. The van der Waals surface area contributed by atoms with E-state index in [9.17, 15) is 9.83 Å². The highest BCUT2D eigenvalue weighted by molar-refractivity contribution is 7.48. The summed E-state index contributed by atoms with van der Waals surface area (Å²) in [6, 6.07) is 7.46. The van der Waals surface area contributed by atoms with Gasteiger partial charge in [-0.3, -0.25) is 13.7 Å². The maximum absolute atomic E-state index is 12.3. The molecule has 0 bridgehead atoms. The molecule has 0 spiro atoms. The Morgan fingerprint density at radius 2 is 1.66 bits per heavy atom.